The number of rotatable bonds is 11. The lowest BCUT2D eigenvalue weighted by Gasteiger charge is -2.20. The molecule has 0 aliphatic carbocycles. The summed E-state index contributed by atoms with van der Waals surface area (Å²) >= 11 is 19.3. The number of hydrogen-bond donors (Lipinski definition) is 1. The van der Waals surface area contributed by atoms with Gasteiger partial charge in [-0.3, -0.25) is 14.4 Å². The monoisotopic (exact) mass is 791 g/mol. The molecule has 0 bridgehead atoms. The standard InChI is InChI=1S/C29H31N3O3S.C11H9Cl3N2O/c1-5-22-27(29(34)32(31-22)21-12-8-7-9-13-21)36-26-15-11-10-14-23(26)30-28(33)24(6-2)35-25-17-16-19(3)18-20(25)4;1-2-7-5-10(17)16(15-7)11-8(13)3-6(12)4-9(11)14/h7-18,24,27H,5-6H2,1-4H3,(H,30,33);3-4H,2,5H2,1H3. The minimum Gasteiger partial charge on any atom is -0.480 e. The highest BCUT2D eigenvalue weighted by molar-refractivity contribution is 8.01. The Morgan fingerprint density at radius 2 is 1.57 bits per heavy atom. The van der Waals surface area contributed by atoms with Crippen LogP contribution in [0.1, 0.15) is 57.6 Å². The zero-order valence-electron chi connectivity index (χ0n) is 30.0. The van der Waals surface area contributed by atoms with E-state index in [4.69, 9.17) is 39.5 Å². The SMILES string of the molecule is CCC1=NN(c2c(Cl)cc(Cl)cc2Cl)C(=O)C1.CCC1=NN(c2ccccc2)C(=O)C1Sc1ccccc1NC(=O)C(CC)Oc1ccc(C)cc1C. The Labute approximate surface area is 329 Å². The Bertz CT molecular complexity index is 2040. The van der Waals surface area contributed by atoms with Crippen LogP contribution in [0, 0.1) is 13.8 Å². The first-order valence-corrected chi connectivity index (χ1v) is 19.3. The topological polar surface area (TPSA) is 104 Å². The molecule has 4 aromatic rings. The summed E-state index contributed by atoms with van der Waals surface area (Å²) in [6.07, 6.45) is 1.58. The number of anilines is 3. The van der Waals surface area contributed by atoms with E-state index in [0.29, 0.717) is 51.5 Å². The van der Waals surface area contributed by atoms with Gasteiger partial charge in [0.2, 0.25) is 0 Å². The van der Waals surface area contributed by atoms with E-state index in [2.05, 4.69) is 15.5 Å². The molecule has 2 unspecified atom stereocenters. The largest absolute Gasteiger partial charge is 0.480 e. The minimum atomic E-state index is -0.640. The van der Waals surface area contributed by atoms with E-state index < -0.39 is 11.4 Å². The molecule has 0 spiro atoms. The summed E-state index contributed by atoms with van der Waals surface area (Å²) < 4.78 is 6.07. The number of nitrogens with zero attached hydrogens (tertiary/aromatic N) is 4. The Kier molecular flexibility index (Phi) is 13.6. The summed E-state index contributed by atoms with van der Waals surface area (Å²) in [5, 5.41) is 15.2. The molecule has 6 rings (SSSR count). The van der Waals surface area contributed by atoms with E-state index in [0.717, 1.165) is 39.6 Å². The predicted octanol–water partition coefficient (Wildman–Crippen LogP) is 10.5. The quantitative estimate of drug-likeness (QED) is 0.163. The number of para-hydroxylation sites is 2. The first-order chi connectivity index (χ1) is 25.4. The van der Waals surface area contributed by atoms with Gasteiger partial charge in [0.15, 0.2) is 6.10 Å². The fraction of sp³-hybridized carbons (Fsp3) is 0.275. The van der Waals surface area contributed by atoms with Gasteiger partial charge in [-0.15, -0.1) is 11.8 Å². The maximum atomic E-state index is 13.3. The molecule has 0 radical (unpaired) electrons. The van der Waals surface area contributed by atoms with E-state index in [9.17, 15) is 14.4 Å². The molecule has 1 N–H and O–H groups in total. The normalized spacial score (nSPS) is 15.8. The summed E-state index contributed by atoms with van der Waals surface area (Å²) in [7, 11) is 0. The van der Waals surface area contributed by atoms with E-state index in [1.807, 2.05) is 107 Å². The van der Waals surface area contributed by atoms with Crippen LogP contribution in [-0.4, -0.2) is 40.5 Å². The molecule has 2 aliphatic rings. The molecule has 9 nitrogen and oxygen atoms in total. The highest BCUT2D eigenvalue weighted by Crippen LogP contribution is 2.39. The Morgan fingerprint density at radius 1 is 0.887 bits per heavy atom. The molecule has 0 aromatic heterocycles. The molecule has 0 saturated heterocycles. The number of aryl methyl sites for hydroxylation is 2. The van der Waals surface area contributed by atoms with E-state index in [-0.39, 0.29) is 17.7 Å². The zero-order chi connectivity index (χ0) is 38.2. The molecular formula is C40H40Cl3N5O4S. The first kappa shape index (κ1) is 39.8. The van der Waals surface area contributed by atoms with Gasteiger partial charge in [0.1, 0.15) is 16.7 Å². The van der Waals surface area contributed by atoms with Gasteiger partial charge in [-0.05, 0) is 81.1 Å². The molecule has 2 atom stereocenters. The minimum absolute atomic E-state index is 0.0891. The third-order valence-corrected chi connectivity index (χ3v) is 10.5. The summed E-state index contributed by atoms with van der Waals surface area (Å²) in [5.41, 5.74) is 5.55. The van der Waals surface area contributed by atoms with Crippen LogP contribution in [-0.2, 0) is 14.4 Å². The second-order valence-electron chi connectivity index (χ2n) is 12.3. The number of carbonyl (C=O) groups excluding carboxylic acids is 3. The molecule has 0 saturated carbocycles. The summed E-state index contributed by atoms with van der Waals surface area (Å²) in [6, 6.07) is 26.0. The van der Waals surface area contributed by atoms with Crippen LogP contribution in [0.15, 0.2) is 100 Å². The van der Waals surface area contributed by atoms with Crippen LogP contribution in [0.2, 0.25) is 15.1 Å². The summed E-state index contributed by atoms with van der Waals surface area (Å²) in [4.78, 5) is 39.1. The molecule has 0 fully saturated rings. The number of ether oxygens (including phenoxy) is 1. The van der Waals surface area contributed by atoms with Crippen molar-refractivity contribution in [2.24, 2.45) is 10.2 Å². The molecule has 4 aromatic carbocycles. The summed E-state index contributed by atoms with van der Waals surface area (Å²) in [6.45, 7) is 9.87. The van der Waals surface area contributed by atoms with Crippen LogP contribution in [0.3, 0.4) is 0 Å². The number of hydrogen-bond acceptors (Lipinski definition) is 7. The van der Waals surface area contributed by atoms with Crippen molar-refractivity contribution < 1.29 is 19.1 Å². The van der Waals surface area contributed by atoms with E-state index in [1.54, 1.807) is 0 Å². The van der Waals surface area contributed by atoms with Crippen LogP contribution < -0.4 is 20.1 Å². The van der Waals surface area contributed by atoms with Crippen molar-refractivity contribution in [3.63, 3.8) is 0 Å². The third kappa shape index (κ3) is 9.61. The van der Waals surface area contributed by atoms with Crippen LogP contribution >= 0.6 is 46.6 Å². The van der Waals surface area contributed by atoms with Crippen LogP contribution in [0.4, 0.5) is 17.1 Å². The molecule has 276 valence electrons. The number of amides is 3. The van der Waals surface area contributed by atoms with Crippen molar-refractivity contribution in [1.29, 1.82) is 0 Å². The number of nitrogens with one attached hydrogen (secondary N) is 1. The van der Waals surface area contributed by atoms with Crippen molar-refractivity contribution in [1.82, 2.24) is 0 Å². The zero-order valence-corrected chi connectivity index (χ0v) is 33.1. The second kappa shape index (κ2) is 18.1. The van der Waals surface area contributed by atoms with Gasteiger partial charge in [0.25, 0.3) is 17.7 Å². The average molecular weight is 793 g/mol. The van der Waals surface area contributed by atoms with E-state index in [1.165, 1.54) is 33.9 Å². The van der Waals surface area contributed by atoms with Crippen molar-refractivity contribution in [2.75, 3.05) is 15.3 Å². The Morgan fingerprint density at radius 3 is 2.19 bits per heavy atom. The Balaban J connectivity index is 0.000000265. The van der Waals surface area contributed by atoms with Gasteiger partial charge >= 0.3 is 0 Å². The van der Waals surface area contributed by atoms with Gasteiger partial charge in [0.05, 0.1) is 33.6 Å². The molecule has 3 amide bonds. The Hall–Kier alpha value is -4.35. The maximum absolute atomic E-state index is 13.3. The number of halogens is 3. The molecule has 13 heteroatoms. The number of benzene rings is 4. The highest BCUT2D eigenvalue weighted by Gasteiger charge is 2.37. The van der Waals surface area contributed by atoms with Gasteiger partial charge in [-0.2, -0.15) is 20.2 Å². The highest BCUT2D eigenvalue weighted by atomic mass is 35.5. The van der Waals surface area contributed by atoms with Crippen molar-refractivity contribution in [3.05, 3.63) is 111 Å². The predicted molar refractivity (Wildman–Crippen MR) is 218 cm³/mol. The van der Waals surface area contributed by atoms with Crippen LogP contribution in [0.25, 0.3) is 0 Å². The molecule has 2 aliphatic heterocycles. The summed E-state index contributed by atoms with van der Waals surface area (Å²) in [5.74, 6) is 0.256. The fourth-order valence-corrected chi connectivity index (χ4v) is 7.81. The first-order valence-electron chi connectivity index (χ1n) is 17.2. The number of carbonyl (C=O) groups is 3. The smallest absolute Gasteiger partial charge is 0.266 e. The van der Waals surface area contributed by atoms with Gasteiger partial charge in [-0.25, -0.2) is 0 Å². The van der Waals surface area contributed by atoms with Crippen molar-refractivity contribution in [2.45, 2.75) is 76.6 Å². The second-order valence-corrected chi connectivity index (χ2v) is 14.7. The lowest BCUT2D eigenvalue weighted by Crippen LogP contribution is -2.33. The number of hydrazone groups is 2. The van der Waals surface area contributed by atoms with Crippen molar-refractivity contribution in [3.8, 4) is 5.75 Å². The van der Waals surface area contributed by atoms with E-state index >= 15 is 0 Å². The number of thioether (sulfide) groups is 1. The molecule has 2 heterocycles. The lowest BCUT2D eigenvalue weighted by atomic mass is 10.1. The fourth-order valence-electron chi connectivity index (χ4n) is 5.62. The maximum Gasteiger partial charge on any atom is 0.266 e. The van der Waals surface area contributed by atoms with Gasteiger partial charge in [-0.1, -0.05) is 104 Å². The molecular weight excluding hydrogens is 753 g/mol. The average Bonchev–Trinajstić information content (AvgIpc) is 3.66. The van der Waals surface area contributed by atoms with Gasteiger partial charge < -0.3 is 10.1 Å². The van der Waals surface area contributed by atoms with Gasteiger partial charge in [0, 0.05) is 15.6 Å². The molecule has 53 heavy (non-hydrogen) atoms. The van der Waals surface area contributed by atoms with Crippen molar-refractivity contribution >= 4 is 92.8 Å². The third-order valence-electron chi connectivity index (χ3n) is 8.41. The lowest BCUT2D eigenvalue weighted by molar-refractivity contribution is -0.123. The van der Waals surface area contributed by atoms with Crippen LogP contribution in [0.5, 0.6) is 5.75 Å².